The number of fused-ring (bicyclic) bond motifs is 3. The molecule has 0 amide bonds. The third-order valence-electron chi connectivity index (χ3n) is 12.8. The molecule has 168 valence electrons. The summed E-state index contributed by atoms with van der Waals surface area (Å²) in [5.74, 6) is 2.08. The van der Waals surface area contributed by atoms with E-state index in [9.17, 15) is 9.90 Å². The number of carbonyl (C=O) groups is 1. The monoisotopic (exact) mass is 430 g/mol. The third-order valence-corrected chi connectivity index (χ3v) is 17.3. The first kappa shape index (κ1) is 20.4. The van der Waals surface area contributed by atoms with Gasteiger partial charge in [0.1, 0.15) is 5.78 Å². The molecule has 7 saturated carbocycles. The lowest BCUT2D eigenvalue weighted by atomic mass is 9.40. The second-order valence-corrected chi connectivity index (χ2v) is 19.3. The average Bonchev–Trinajstić information content (AvgIpc) is 3.42. The molecule has 7 aliphatic carbocycles. The molecule has 10 atom stereocenters. The Kier molecular flexibility index (Phi) is 3.40. The van der Waals surface area contributed by atoms with Gasteiger partial charge in [0.15, 0.2) is 8.32 Å². The largest absolute Gasteiger partial charge is 0.411 e. The van der Waals surface area contributed by atoms with Gasteiger partial charge in [0.05, 0.1) is 17.1 Å². The van der Waals surface area contributed by atoms with Crippen LogP contribution in [0.1, 0.15) is 80.1 Å². The molecule has 1 N–H and O–H groups in total. The SMILES string of the molecule is CC(C)(C)[Si](C)(C)O[C@@]12CC[C@]3(C)[C@H]4C[C@H]5C6C(=O)[C@]4(CC[C@H]3[C@@]1(C)C2)[C@@H](O)[C@]65C. The minimum Gasteiger partial charge on any atom is -0.411 e. The zero-order valence-corrected chi connectivity index (χ0v) is 21.4. The minimum absolute atomic E-state index is 0.0677. The van der Waals surface area contributed by atoms with Gasteiger partial charge in [-0.15, -0.1) is 0 Å². The van der Waals surface area contributed by atoms with E-state index in [-0.39, 0.29) is 32.8 Å². The number of carbonyl (C=O) groups excluding carboxylic acids is 1. The van der Waals surface area contributed by atoms with Crippen LogP contribution in [-0.2, 0) is 9.22 Å². The van der Waals surface area contributed by atoms with Gasteiger partial charge in [0.25, 0.3) is 0 Å². The molecule has 1 spiro atoms. The lowest BCUT2D eigenvalue weighted by Crippen LogP contribution is -2.64. The summed E-state index contributed by atoms with van der Waals surface area (Å²) in [4.78, 5) is 13.6. The van der Waals surface area contributed by atoms with Crippen molar-refractivity contribution in [1.82, 2.24) is 0 Å². The van der Waals surface area contributed by atoms with Gasteiger partial charge in [-0.25, -0.2) is 0 Å². The fourth-order valence-electron chi connectivity index (χ4n) is 9.98. The maximum Gasteiger partial charge on any atom is 0.192 e. The van der Waals surface area contributed by atoms with E-state index in [1.165, 1.54) is 19.3 Å². The molecule has 0 aromatic carbocycles. The summed E-state index contributed by atoms with van der Waals surface area (Å²) in [6.07, 6.45) is 6.32. The Bertz CT molecular complexity index is 861. The van der Waals surface area contributed by atoms with Gasteiger partial charge < -0.3 is 9.53 Å². The van der Waals surface area contributed by atoms with Gasteiger partial charge in [0, 0.05) is 16.7 Å². The number of aliphatic hydroxyl groups excluding tert-OH is 1. The molecular weight excluding hydrogens is 388 g/mol. The van der Waals surface area contributed by atoms with Gasteiger partial charge in [-0.2, -0.15) is 0 Å². The highest BCUT2D eigenvalue weighted by atomic mass is 28.4. The Morgan fingerprint density at radius 3 is 2.30 bits per heavy atom. The molecule has 4 bridgehead atoms. The van der Waals surface area contributed by atoms with Crippen LogP contribution in [0, 0.1) is 45.3 Å². The average molecular weight is 431 g/mol. The first-order valence-electron chi connectivity index (χ1n) is 12.5. The van der Waals surface area contributed by atoms with Gasteiger partial charge in [-0.3, -0.25) is 4.79 Å². The van der Waals surface area contributed by atoms with Crippen LogP contribution in [0.15, 0.2) is 0 Å². The third kappa shape index (κ3) is 1.82. The molecular formula is C26H42O3Si. The molecule has 7 fully saturated rings. The molecule has 3 nitrogen and oxygen atoms in total. The first-order valence-corrected chi connectivity index (χ1v) is 15.5. The number of hydrogen-bond acceptors (Lipinski definition) is 3. The summed E-state index contributed by atoms with van der Waals surface area (Å²) in [6, 6.07) is 0. The Morgan fingerprint density at radius 1 is 1.07 bits per heavy atom. The van der Waals surface area contributed by atoms with Crippen LogP contribution in [0.4, 0.5) is 0 Å². The van der Waals surface area contributed by atoms with Crippen molar-refractivity contribution in [2.24, 2.45) is 45.3 Å². The van der Waals surface area contributed by atoms with Crippen molar-refractivity contribution in [1.29, 1.82) is 0 Å². The van der Waals surface area contributed by atoms with Crippen LogP contribution in [-0.4, -0.2) is 30.9 Å². The maximum atomic E-state index is 13.6. The van der Waals surface area contributed by atoms with Crippen LogP contribution in [0.2, 0.25) is 18.1 Å². The zero-order valence-electron chi connectivity index (χ0n) is 20.4. The van der Waals surface area contributed by atoms with Gasteiger partial charge in [0.2, 0.25) is 0 Å². The first-order chi connectivity index (χ1) is 13.6. The van der Waals surface area contributed by atoms with Crippen molar-refractivity contribution in [2.75, 3.05) is 0 Å². The minimum atomic E-state index is -1.82. The lowest BCUT2D eigenvalue weighted by Gasteiger charge is -2.64. The Morgan fingerprint density at radius 2 is 1.73 bits per heavy atom. The van der Waals surface area contributed by atoms with Crippen LogP contribution >= 0.6 is 0 Å². The lowest BCUT2D eigenvalue weighted by molar-refractivity contribution is -0.198. The molecule has 0 heterocycles. The predicted molar refractivity (Wildman–Crippen MR) is 120 cm³/mol. The molecule has 1 unspecified atom stereocenters. The number of rotatable bonds is 2. The second-order valence-electron chi connectivity index (χ2n) is 14.6. The highest BCUT2D eigenvalue weighted by Gasteiger charge is 2.88. The van der Waals surface area contributed by atoms with Crippen LogP contribution in [0.5, 0.6) is 0 Å². The Hall–Kier alpha value is -0.193. The summed E-state index contributed by atoms with van der Waals surface area (Å²) in [6.45, 7) is 19.1. The van der Waals surface area contributed by atoms with Crippen molar-refractivity contribution >= 4 is 14.1 Å². The highest BCUT2D eigenvalue weighted by Crippen LogP contribution is 2.86. The second kappa shape index (κ2) is 4.99. The van der Waals surface area contributed by atoms with E-state index in [4.69, 9.17) is 4.43 Å². The van der Waals surface area contributed by atoms with E-state index in [2.05, 4.69) is 54.6 Å². The van der Waals surface area contributed by atoms with E-state index < -0.39 is 19.8 Å². The Balaban J connectivity index is 1.34. The van der Waals surface area contributed by atoms with Crippen LogP contribution in [0.3, 0.4) is 0 Å². The molecule has 0 aromatic rings. The van der Waals surface area contributed by atoms with E-state index in [0.717, 1.165) is 19.3 Å². The fraction of sp³-hybridized carbons (Fsp3) is 0.962. The molecule has 0 aliphatic heterocycles. The van der Waals surface area contributed by atoms with Crippen LogP contribution < -0.4 is 0 Å². The highest BCUT2D eigenvalue weighted by molar-refractivity contribution is 6.74. The fourth-order valence-corrected chi connectivity index (χ4v) is 11.7. The molecule has 30 heavy (non-hydrogen) atoms. The van der Waals surface area contributed by atoms with Crippen LogP contribution in [0.25, 0.3) is 0 Å². The van der Waals surface area contributed by atoms with Gasteiger partial charge >= 0.3 is 0 Å². The van der Waals surface area contributed by atoms with E-state index in [0.29, 0.717) is 23.5 Å². The predicted octanol–water partition coefficient (Wildman–Crippen LogP) is 5.57. The topological polar surface area (TPSA) is 46.5 Å². The molecule has 7 aliphatic rings. The van der Waals surface area contributed by atoms with Crippen molar-refractivity contribution in [3.8, 4) is 0 Å². The normalized spacial score (nSPS) is 60.6. The summed E-state index contributed by atoms with van der Waals surface area (Å²) in [7, 11) is -1.82. The van der Waals surface area contributed by atoms with Crippen molar-refractivity contribution in [2.45, 2.75) is 110 Å². The molecule has 7 rings (SSSR count). The number of ketones is 1. The van der Waals surface area contributed by atoms with E-state index >= 15 is 0 Å². The Labute approximate surface area is 183 Å². The van der Waals surface area contributed by atoms with Gasteiger partial charge in [-0.1, -0.05) is 41.5 Å². The van der Waals surface area contributed by atoms with Crippen molar-refractivity contribution in [3.63, 3.8) is 0 Å². The molecule has 0 aromatic heterocycles. The van der Waals surface area contributed by atoms with E-state index in [1.807, 2.05) is 0 Å². The number of hydrogen-bond donors (Lipinski definition) is 1. The molecule has 0 saturated heterocycles. The standard InChI is InChI=1S/C26H42O3Si/c1-21(2,3)30(7,8)29-25-12-11-22(4)16(23(25,5)14-25)9-10-26-17(22)13-15-18(19(26)27)24(15,6)20(26)28/h15-18,20,28H,9-14H2,1-8H3/t15-,16+,17+,18?,20-,22-,23+,24-,25+,26+/m0/s1. The van der Waals surface area contributed by atoms with Crippen molar-refractivity contribution in [3.05, 3.63) is 0 Å². The smallest absolute Gasteiger partial charge is 0.192 e. The summed E-state index contributed by atoms with van der Waals surface area (Å²) < 4.78 is 7.18. The summed E-state index contributed by atoms with van der Waals surface area (Å²) in [5, 5.41) is 11.7. The summed E-state index contributed by atoms with van der Waals surface area (Å²) >= 11 is 0. The van der Waals surface area contributed by atoms with E-state index in [1.54, 1.807) is 0 Å². The number of aliphatic hydroxyl groups is 1. The summed E-state index contributed by atoms with van der Waals surface area (Å²) in [5.41, 5.74) is -0.0266. The van der Waals surface area contributed by atoms with Gasteiger partial charge in [-0.05, 0) is 79.8 Å². The van der Waals surface area contributed by atoms with Crippen molar-refractivity contribution < 1.29 is 14.3 Å². The maximum absolute atomic E-state index is 13.6. The molecule has 0 radical (unpaired) electrons. The zero-order chi connectivity index (χ0) is 21.9. The molecule has 4 heteroatoms. The number of Topliss-reactive ketones (excluding diaryl/α,β-unsaturated/α-hetero) is 1. The quantitative estimate of drug-likeness (QED) is 0.583.